The predicted octanol–water partition coefficient (Wildman–Crippen LogP) is 1.59. The van der Waals surface area contributed by atoms with E-state index in [4.69, 9.17) is 9.47 Å². The van der Waals surface area contributed by atoms with E-state index in [-0.39, 0.29) is 6.04 Å². The summed E-state index contributed by atoms with van der Waals surface area (Å²) in [5.41, 5.74) is 0.904. The van der Waals surface area contributed by atoms with Crippen molar-refractivity contribution in [1.29, 1.82) is 0 Å². The van der Waals surface area contributed by atoms with E-state index in [1.807, 2.05) is 24.3 Å². The van der Waals surface area contributed by atoms with Gasteiger partial charge < -0.3 is 14.6 Å². The molecular weight excluding hydrogens is 242 g/mol. The largest absolute Gasteiger partial charge is 0.491 e. The van der Waals surface area contributed by atoms with Crippen molar-refractivity contribution in [2.24, 2.45) is 0 Å². The summed E-state index contributed by atoms with van der Waals surface area (Å²) >= 11 is 0. The lowest BCUT2D eigenvalue weighted by molar-refractivity contribution is -0.00998. The molecule has 3 rings (SSSR count). The van der Waals surface area contributed by atoms with Crippen LogP contribution in [0.15, 0.2) is 24.3 Å². The second kappa shape index (κ2) is 5.49. The van der Waals surface area contributed by atoms with Gasteiger partial charge in [0.15, 0.2) is 0 Å². The first-order valence-corrected chi connectivity index (χ1v) is 6.95. The number of hydrogen-bond donors (Lipinski definition) is 1. The van der Waals surface area contributed by atoms with Gasteiger partial charge in [0.1, 0.15) is 18.5 Å². The van der Waals surface area contributed by atoms with Gasteiger partial charge in [-0.05, 0) is 18.9 Å². The topological polar surface area (TPSA) is 41.9 Å². The van der Waals surface area contributed by atoms with Gasteiger partial charge in [-0.15, -0.1) is 0 Å². The average Bonchev–Trinajstić information content (AvgIpc) is 3.26. The highest BCUT2D eigenvalue weighted by atomic mass is 16.5. The Balaban J connectivity index is 1.77. The third kappa shape index (κ3) is 2.61. The molecule has 0 spiro atoms. The van der Waals surface area contributed by atoms with E-state index in [1.165, 1.54) is 12.8 Å². The highest BCUT2D eigenvalue weighted by Gasteiger charge is 2.40. The Morgan fingerprint density at radius 1 is 1.37 bits per heavy atom. The number of para-hydroxylation sites is 1. The molecule has 1 fully saturated rings. The maximum absolute atomic E-state index is 10.6. The quantitative estimate of drug-likeness (QED) is 0.876. The summed E-state index contributed by atoms with van der Waals surface area (Å²) in [7, 11) is 1.72. The van der Waals surface area contributed by atoms with Gasteiger partial charge in [0.2, 0.25) is 0 Å². The number of fused-ring (bicyclic) bond motifs is 1. The van der Waals surface area contributed by atoms with Gasteiger partial charge in [-0.3, -0.25) is 4.90 Å². The van der Waals surface area contributed by atoms with E-state index >= 15 is 0 Å². The van der Waals surface area contributed by atoms with Crippen LogP contribution in [0.4, 0.5) is 0 Å². The summed E-state index contributed by atoms with van der Waals surface area (Å²) in [5, 5.41) is 10.6. The zero-order valence-corrected chi connectivity index (χ0v) is 11.3. The molecule has 1 aromatic carbocycles. The molecule has 0 saturated heterocycles. The zero-order chi connectivity index (χ0) is 13.2. The molecule has 2 aliphatic rings. The molecular formula is C15H21NO3. The number of ether oxygens (including phenoxy) is 2. The van der Waals surface area contributed by atoms with Gasteiger partial charge in [-0.25, -0.2) is 0 Å². The first-order chi connectivity index (χ1) is 9.31. The number of nitrogens with zero attached hydrogens (tertiary/aromatic N) is 1. The molecule has 1 aromatic rings. The molecule has 4 nitrogen and oxygen atoms in total. The number of hydrogen-bond acceptors (Lipinski definition) is 4. The minimum Gasteiger partial charge on any atom is -0.491 e. The molecule has 2 unspecified atom stereocenters. The Morgan fingerprint density at radius 2 is 2.16 bits per heavy atom. The Morgan fingerprint density at radius 3 is 2.89 bits per heavy atom. The van der Waals surface area contributed by atoms with E-state index < -0.39 is 6.10 Å². The third-order valence-corrected chi connectivity index (χ3v) is 4.01. The second-order valence-corrected chi connectivity index (χ2v) is 5.32. The number of methoxy groups -OCH3 is 1. The lowest BCUT2D eigenvalue weighted by Crippen LogP contribution is -2.48. The number of rotatable bonds is 5. The van der Waals surface area contributed by atoms with E-state index in [9.17, 15) is 5.11 Å². The molecule has 0 amide bonds. The average molecular weight is 263 g/mol. The van der Waals surface area contributed by atoms with Crippen molar-refractivity contribution in [2.45, 2.75) is 31.0 Å². The minimum absolute atomic E-state index is 0.0394. The van der Waals surface area contributed by atoms with Crippen molar-refractivity contribution in [2.75, 3.05) is 26.9 Å². The van der Waals surface area contributed by atoms with Crippen LogP contribution in [0, 0.1) is 0 Å². The number of aliphatic hydroxyl groups is 1. The number of aliphatic hydroxyl groups excluding tert-OH is 1. The Kier molecular flexibility index (Phi) is 3.73. The van der Waals surface area contributed by atoms with Crippen molar-refractivity contribution in [3.05, 3.63) is 29.8 Å². The van der Waals surface area contributed by atoms with Crippen LogP contribution in [-0.2, 0) is 4.74 Å². The summed E-state index contributed by atoms with van der Waals surface area (Å²) in [6.07, 6.45) is 1.96. The Hall–Kier alpha value is -1.10. The van der Waals surface area contributed by atoms with Crippen LogP contribution in [0.2, 0.25) is 0 Å². The molecule has 1 saturated carbocycles. The minimum atomic E-state index is -0.470. The molecule has 0 aromatic heterocycles. The van der Waals surface area contributed by atoms with Gasteiger partial charge in [0, 0.05) is 25.3 Å². The van der Waals surface area contributed by atoms with Crippen LogP contribution in [-0.4, -0.2) is 49.0 Å². The maximum atomic E-state index is 10.6. The summed E-state index contributed by atoms with van der Waals surface area (Å²) in [5.74, 6) is 0.814. The van der Waals surface area contributed by atoms with Crippen molar-refractivity contribution in [1.82, 2.24) is 4.90 Å². The van der Waals surface area contributed by atoms with Crippen molar-refractivity contribution in [3.8, 4) is 5.75 Å². The molecule has 4 heteroatoms. The lowest BCUT2D eigenvalue weighted by Gasteiger charge is -2.38. The molecule has 19 heavy (non-hydrogen) atoms. The van der Waals surface area contributed by atoms with Crippen molar-refractivity contribution >= 4 is 0 Å². The first-order valence-electron chi connectivity index (χ1n) is 6.95. The van der Waals surface area contributed by atoms with Crippen LogP contribution in [0.25, 0.3) is 0 Å². The van der Waals surface area contributed by atoms with Crippen LogP contribution >= 0.6 is 0 Å². The number of benzene rings is 1. The summed E-state index contributed by atoms with van der Waals surface area (Å²) in [4.78, 5) is 2.35. The molecule has 1 N–H and O–H groups in total. The van der Waals surface area contributed by atoms with Crippen LogP contribution in [0.1, 0.15) is 24.5 Å². The fourth-order valence-corrected chi connectivity index (χ4v) is 2.83. The lowest BCUT2D eigenvalue weighted by atomic mass is 9.98. The van der Waals surface area contributed by atoms with Gasteiger partial charge in [-0.1, -0.05) is 18.2 Å². The first kappa shape index (κ1) is 12.9. The van der Waals surface area contributed by atoms with E-state index in [1.54, 1.807) is 7.11 Å². The Bertz CT molecular complexity index is 433. The highest BCUT2D eigenvalue weighted by molar-refractivity contribution is 5.37. The molecule has 0 bridgehead atoms. The second-order valence-electron chi connectivity index (χ2n) is 5.32. The monoisotopic (exact) mass is 263 g/mol. The SMILES string of the molecule is COCCN(C1CC1)C1COc2ccccc2C1O. The molecule has 104 valence electrons. The van der Waals surface area contributed by atoms with E-state index in [0.717, 1.165) is 17.9 Å². The Labute approximate surface area is 113 Å². The predicted molar refractivity (Wildman–Crippen MR) is 72.3 cm³/mol. The van der Waals surface area contributed by atoms with E-state index in [0.29, 0.717) is 19.3 Å². The molecule has 1 aliphatic carbocycles. The molecule has 2 atom stereocenters. The van der Waals surface area contributed by atoms with Crippen LogP contribution < -0.4 is 4.74 Å². The summed E-state index contributed by atoms with van der Waals surface area (Å²) in [6.45, 7) is 2.11. The maximum Gasteiger partial charge on any atom is 0.125 e. The highest BCUT2D eigenvalue weighted by Crippen LogP contribution is 2.38. The van der Waals surface area contributed by atoms with Gasteiger partial charge in [-0.2, -0.15) is 0 Å². The fourth-order valence-electron chi connectivity index (χ4n) is 2.83. The summed E-state index contributed by atoms with van der Waals surface area (Å²) < 4.78 is 11.0. The van der Waals surface area contributed by atoms with Gasteiger partial charge in [0.25, 0.3) is 0 Å². The van der Waals surface area contributed by atoms with Crippen molar-refractivity contribution in [3.63, 3.8) is 0 Å². The van der Waals surface area contributed by atoms with Crippen molar-refractivity contribution < 1.29 is 14.6 Å². The molecule has 0 radical (unpaired) electrons. The standard InChI is InChI=1S/C15H21NO3/c1-18-9-8-16(11-6-7-11)13-10-19-14-5-3-2-4-12(14)15(13)17/h2-5,11,13,15,17H,6-10H2,1H3. The fraction of sp³-hybridized carbons (Fsp3) is 0.600. The normalized spacial score (nSPS) is 26.1. The molecule has 1 heterocycles. The van der Waals surface area contributed by atoms with Crippen LogP contribution in [0.3, 0.4) is 0 Å². The zero-order valence-electron chi connectivity index (χ0n) is 11.3. The smallest absolute Gasteiger partial charge is 0.125 e. The molecule has 1 aliphatic heterocycles. The van der Waals surface area contributed by atoms with Gasteiger partial charge >= 0.3 is 0 Å². The third-order valence-electron chi connectivity index (χ3n) is 4.01. The van der Waals surface area contributed by atoms with Gasteiger partial charge in [0.05, 0.1) is 12.6 Å². The summed E-state index contributed by atoms with van der Waals surface area (Å²) in [6, 6.07) is 8.39. The van der Waals surface area contributed by atoms with E-state index in [2.05, 4.69) is 4.90 Å². The van der Waals surface area contributed by atoms with Crippen LogP contribution in [0.5, 0.6) is 5.75 Å².